The molecule has 1 fully saturated rings. The molecule has 3 N–H and O–H groups in total. The van der Waals surface area contributed by atoms with Crippen LogP contribution >= 0.6 is 0 Å². The van der Waals surface area contributed by atoms with E-state index < -0.39 is 11.9 Å². The van der Waals surface area contributed by atoms with Crippen LogP contribution in [0.5, 0.6) is 0 Å². The summed E-state index contributed by atoms with van der Waals surface area (Å²) >= 11 is 0. The topological polar surface area (TPSA) is 78.4 Å². The van der Waals surface area contributed by atoms with Gasteiger partial charge in [0, 0.05) is 5.92 Å². The van der Waals surface area contributed by atoms with Crippen molar-refractivity contribution in [2.24, 2.45) is 5.92 Å². The van der Waals surface area contributed by atoms with Crippen LogP contribution in [0.4, 0.5) is 0 Å². The Kier molecular flexibility index (Phi) is 2.09. The molecule has 5 nitrogen and oxygen atoms in total. The first-order valence-electron chi connectivity index (χ1n) is 3.39. The molecule has 1 saturated heterocycles. The van der Waals surface area contributed by atoms with Crippen molar-refractivity contribution in [2.75, 3.05) is 0 Å². The molecule has 0 aliphatic carbocycles. The third-order valence-corrected chi connectivity index (χ3v) is 1.78. The minimum atomic E-state index is -0.567. The van der Waals surface area contributed by atoms with Crippen molar-refractivity contribution in [3.63, 3.8) is 0 Å². The van der Waals surface area contributed by atoms with E-state index in [1.807, 2.05) is 0 Å². The third-order valence-electron chi connectivity index (χ3n) is 1.78. The monoisotopic (exact) mass is 158 g/mol. The maximum absolute atomic E-state index is 10.8. The first-order valence-corrected chi connectivity index (χ1v) is 3.39. The lowest BCUT2D eigenvalue weighted by molar-refractivity contribution is -0.132. The summed E-state index contributed by atoms with van der Waals surface area (Å²) in [5, 5.41) is 10.7. The summed E-state index contributed by atoms with van der Waals surface area (Å²) in [5.41, 5.74) is 1.49. The van der Waals surface area contributed by atoms with Crippen LogP contribution in [0.25, 0.3) is 0 Å². The number of hydrogen-bond donors (Lipinski definition) is 3. The second-order valence-corrected chi connectivity index (χ2v) is 2.67. The van der Waals surface area contributed by atoms with Crippen LogP contribution in [0, 0.1) is 5.92 Å². The van der Waals surface area contributed by atoms with Gasteiger partial charge in [-0.2, -0.15) is 0 Å². The van der Waals surface area contributed by atoms with Gasteiger partial charge in [0.15, 0.2) is 0 Å². The number of nitrogens with one attached hydrogen (secondary N) is 2. The predicted octanol–water partition coefficient (Wildman–Crippen LogP) is -0.984. The Balaban J connectivity index is 2.53. The normalized spacial score (nSPS) is 29.8. The molecule has 1 aliphatic rings. The van der Waals surface area contributed by atoms with Gasteiger partial charge in [-0.1, -0.05) is 6.92 Å². The summed E-state index contributed by atoms with van der Waals surface area (Å²) in [7, 11) is 0. The van der Waals surface area contributed by atoms with Gasteiger partial charge in [-0.05, 0) is 6.42 Å². The van der Waals surface area contributed by atoms with Crippen LogP contribution in [0.1, 0.15) is 13.3 Å². The first kappa shape index (κ1) is 8.00. The molecule has 0 aromatic heterocycles. The van der Waals surface area contributed by atoms with Gasteiger partial charge in [-0.15, -0.1) is 0 Å². The van der Waals surface area contributed by atoms with Crippen molar-refractivity contribution in [2.45, 2.75) is 19.4 Å². The number of hydrogen-bond acceptors (Lipinski definition) is 3. The van der Waals surface area contributed by atoms with Crippen molar-refractivity contribution < 1.29 is 14.8 Å². The summed E-state index contributed by atoms with van der Waals surface area (Å²) in [6, 6.07) is -0.567. The second kappa shape index (κ2) is 2.87. The van der Waals surface area contributed by atoms with Crippen molar-refractivity contribution >= 4 is 11.8 Å². The van der Waals surface area contributed by atoms with Gasteiger partial charge >= 0.3 is 0 Å². The number of carbonyl (C=O) groups is 2. The molecule has 1 rings (SSSR count). The number of amides is 2. The van der Waals surface area contributed by atoms with Gasteiger partial charge in [-0.3, -0.25) is 14.8 Å². The van der Waals surface area contributed by atoms with Gasteiger partial charge in [0.25, 0.3) is 5.91 Å². The van der Waals surface area contributed by atoms with Crippen LogP contribution in [0.15, 0.2) is 0 Å². The molecule has 0 aromatic rings. The van der Waals surface area contributed by atoms with Gasteiger partial charge in [-0.25, -0.2) is 5.48 Å². The largest absolute Gasteiger partial charge is 0.344 e. The van der Waals surface area contributed by atoms with Crippen LogP contribution in [-0.4, -0.2) is 23.1 Å². The molecule has 0 spiro atoms. The van der Waals surface area contributed by atoms with E-state index in [0.717, 1.165) is 0 Å². The Bertz CT molecular complexity index is 192. The van der Waals surface area contributed by atoms with Crippen molar-refractivity contribution in [3.8, 4) is 0 Å². The van der Waals surface area contributed by atoms with E-state index in [9.17, 15) is 9.59 Å². The van der Waals surface area contributed by atoms with Crippen LogP contribution in [0.3, 0.4) is 0 Å². The first-order chi connectivity index (χ1) is 5.15. The van der Waals surface area contributed by atoms with Crippen molar-refractivity contribution in [1.29, 1.82) is 0 Å². The molecule has 0 saturated carbocycles. The standard InChI is InChI=1S/C6H10N2O3/c1-3-2-4(6(10)8-11)7-5(3)9/h3-4,11H,2H2,1H3,(H,7,9)(H,8,10). The highest BCUT2D eigenvalue weighted by molar-refractivity contribution is 5.91. The molecule has 0 bridgehead atoms. The Hall–Kier alpha value is -1.10. The second-order valence-electron chi connectivity index (χ2n) is 2.67. The van der Waals surface area contributed by atoms with Crippen LogP contribution in [-0.2, 0) is 9.59 Å². The zero-order valence-corrected chi connectivity index (χ0v) is 6.13. The quantitative estimate of drug-likeness (QED) is 0.339. The Morgan fingerprint density at radius 3 is 2.82 bits per heavy atom. The minimum absolute atomic E-state index is 0.140. The predicted molar refractivity (Wildman–Crippen MR) is 35.6 cm³/mol. The Morgan fingerprint density at radius 2 is 2.45 bits per heavy atom. The SMILES string of the molecule is CC1CC(C(=O)NO)NC1=O. The zero-order chi connectivity index (χ0) is 8.43. The molecule has 2 unspecified atom stereocenters. The average molecular weight is 158 g/mol. The fourth-order valence-corrected chi connectivity index (χ4v) is 1.08. The fraction of sp³-hybridized carbons (Fsp3) is 0.667. The molecule has 0 radical (unpaired) electrons. The van der Waals surface area contributed by atoms with Crippen molar-refractivity contribution in [3.05, 3.63) is 0 Å². The molecule has 1 heterocycles. The van der Waals surface area contributed by atoms with Crippen LogP contribution < -0.4 is 10.8 Å². The number of hydroxylamine groups is 1. The Morgan fingerprint density at radius 1 is 1.82 bits per heavy atom. The molecule has 5 heteroatoms. The fourth-order valence-electron chi connectivity index (χ4n) is 1.08. The van der Waals surface area contributed by atoms with Gasteiger partial charge in [0.1, 0.15) is 6.04 Å². The molecule has 2 amide bonds. The summed E-state index contributed by atoms with van der Waals surface area (Å²) in [4.78, 5) is 21.6. The maximum atomic E-state index is 10.8. The summed E-state index contributed by atoms with van der Waals surface area (Å²) < 4.78 is 0. The minimum Gasteiger partial charge on any atom is -0.344 e. The van der Waals surface area contributed by atoms with E-state index in [0.29, 0.717) is 6.42 Å². The molecule has 2 atom stereocenters. The lowest BCUT2D eigenvalue weighted by Gasteiger charge is -2.04. The zero-order valence-electron chi connectivity index (χ0n) is 6.13. The highest BCUT2D eigenvalue weighted by Gasteiger charge is 2.32. The lowest BCUT2D eigenvalue weighted by atomic mass is 10.1. The summed E-state index contributed by atoms with van der Waals surface area (Å²) in [6.07, 6.45) is 0.450. The van der Waals surface area contributed by atoms with E-state index in [2.05, 4.69) is 5.32 Å². The van der Waals surface area contributed by atoms with E-state index in [-0.39, 0.29) is 11.8 Å². The van der Waals surface area contributed by atoms with Crippen molar-refractivity contribution in [1.82, 2.24) is 10.8 Å². The summed E-state index contributed by atoms with van der Waals surface area (Å²) in [6.45, 7) is 1.74. The molecule has 1 aliphatic heterocycles. The van der Waals surface area contributed by atoms with Crippen LogP contribution in [0.2, 0.25) is 0 Å². The highest BCUT2D eigenvalue weighted by Crippen LogP contribution is 2.13. The molecule has 62 valence electrons. The van der Waals surface area contributed by atoms with E-state index in [1.165, 1.54) is 5.48 Å². The van der Waals surface area contributed by atoms with E-state index in [4.69, 9.17) is 5.21 Å². The van der Waals surface area contributed by atoms with Gasteiger partial charge in [0.2, 0.25) is 5.91 Å². The Labute approximate surface area is 63.7 Å². The molecular formula is C6H10N2O3. The molecular weight excluding hydrogens is 148 g/mol. The number of rotatable bonds is 1. The number of carbonyl (C=O) groups excluding carboxylic acids is 2. The molecule has 11 heavy (non-hydrogen) atoms. The lowest BCUT2D eigenvalue weighted by Crippen LogP contribution is -2.40. The molecule has 0 aromatic carbocycles. The summed E-state index contributed by atoms with van der Waals surface area (Å²) in [5.74, 6) is -0.835. The highest BCUT2D eigenvalue weighted by atomic mass is 16.5. The maximum Gasteiger partial charge on any atom is 0.265 e. The third kappa shape index (κ3) is 1.48. The van der Waals surface area contributed by atoms with E-state index >= 15 is 0 Å². The van der Waals surface area contributed by atoms with Gasteiger partial charge < -0.3 is 5.32 Å². The smallest absolute Gasteiger partial charge is 0.265 e. The average Bonchev–Trinajstić information content (AvgIpc) is 2.31. The van der Waals surface area contributed by atoms with Gasteiger partial charge in [0.05, 0.1) is 0 Å². The van der Waals surface area contributed by atoms with E-state index in [1.54, 1.807) is 6.92 Å².